The Morgan fingerprint density at radius 1 is 1.15 bits per heavy atom. The zero-order valence-corrected chi connectivity index (χ0v) is 21.4. The van der Waals surface area contributed by atoms with E-state index >= 15 is 0 Å². The van der Waals surface area contributed by atoms with Gasteiger partial charge in [0, 0.05) is 41.8 Å². The lowest BCUT2D eigenvalue weighted by Crippen LogP contribution is -2.41. The Kier molecular flexibility index (Phi) is 7.60. The van der Waals surface area contributed by atoms with E-state index in [2.05, 4.69) is 30.4 Å². The maximum absolute atomic E-state index is 14.6. The first-order chi connectivity index (χ1) is 19.2. The van der Waals surface area contributed by atoms with Gasteiger partial charge >= 0.3 is 0 Å². The van der Waals surface area contributed by atoms with E-state index in [1.54, 1.807) is 23.5 Å². The highest BCUT2D eigenvalue weighted by Crippen LogP contribution is 2.35. The predicted molar refractivity (Wildman–Crippen MR) is 138 cm³/mol. The summed E-state index contributed by atoms with van der Waals surface area (Å²) in [4.78, 5) is 42.8. The smallest absolute Gasteiger partial charge is 0.275 e. The van der Waals surface area contributed by atoms with Crippen molar-refractivity contribution in [2.24, 2.45) is 5.73 Å². The number of anilines is 2. The number of nitrogens with two attached hydrogens (primary N) is 1. The molecule has 0 spiro atoms. The molecule has 1 atom stereocenters. The van der Waals surface area contributed by atoms with Crippen LogP contribution >= 0.6 is 11.6 Å². The fourth-order valence-corrected chi connectivity index (χ4v) is 4.54. The molecule has 1 aliphatic heterocycles. The highest BCUT2D eigenvalue weighted by atomic mass is 35.5. The number of alkyl halides is 2. The van der Waals surface area contributed by atoms with E-state index in [0.717, 1.165) is 36.5 Å². The second-order valence-corrected chi connectivity index (χ2v) is 9.35. The topological polar surface area (TPSA) is 145 Å². The molecular formula is C25H21ClF3N9O2. The van der Waals surface area contributed by atoms with Crippen LogP contribution in [0.2, 0.25) is 5.02 Å². The minimum Gasteiger partial charge on any atom is -0.368 e. The lowest BCUT2D eigenvalue weighted by molar-refractivity contribution is -0.119. The van der Waals surface area contributed by atoms with Crippen LogP contribution in [0.1, 0.15) is 40.9 Å². The number of rotatable bonds is 8. The molecule has 4 heterocycles. The van der Waals surface area contributed by atoms with Gasteiger partial charge in [-0.2, -0.15) is 5.10 Å². The average Bonchev–Trinajstić information content (AvgIpc) is 3.60. The molecule has 0 saturated carbocycles. The Balaban J connectivity index is 1.27. The number of carbonyl (C=O) groups is 2. The lowest BCUT2D eigenvalue weighted by Gasteiger charge is -2.21. The van der Waals surface area contributed by atoms with E-state index in [4.69, 9.17) is 17.3 Å². The van der Waals surface area contributed by atoms with Gasteiger partial charge in [0.05, 0.1) is 41.5 Å². The molecule has 5 rings (SSSR count). The molecule has 0 aliphatic carbocycles. The van der Waals surface area contributed by atoms with Crippen molar-refractivity contribution in [1.29, 1.82) is 0 Å². The highest BCUT2D eigenvalue weighted by molar-refractivity contribution is 6.31. The normalized spacial score (nSPS) is 15.0. The number of carbonyl (C=O) groups excluding carboxylic acids is 2. The molecule has 4 aromatic rings. The zero-order chi connectivity index (χ0) is 28.4. The van der Waals surface area contributed by atoms with Crippen LogP contribution in [-0.4, -0.2) is 54.1 Å². The fourth-order valence-electron chi connectivity index (χ4n) is 4.38. The Morgan fingerprint density at radius 3 is 2.65 bits per heavy atom. The summed E-state index contributed by atoms with van der Waals surface area (Å²) < 4.78 is 43.2. The molecule has 3 aromatic heterocycles. The largest absolute Gasteiger partial charge is 0.368 e. The van der Waals surface area contributed by atoms with Gasteiger partial charge in [-0.1, -0.05) is 17.7 Å². The van der Waals surface area contributed by atoms with Crippen molar-refractivity contribution in [3.63, 3.8) is 0 Å². The molecule has 1 saturated heterocycles. The maximum atomic E-state index is 14.6. The number of nitrogens with zero attached hydrogens (tertiary/aromatic N) is 7. The molecule has 1 fully saturated rings. The van der Waals surface area contributed by atoms with Crippen LogP contribution in [0.25, 0.3) is 11.3 Å². The van der Waals surface area contributed by atoms with E-state index in [1.807, 2.05) is 0 Å². The van der Waals surface area contributed by atoms with Gasteiger partial charge in [-0.05, 0) is 18.9 Å². The van der Waals surface area contributed by atoms with Crippen LogP contribution in [0.5, 0.6) is 0 Å². The molecule has 0 unspecified atom stereocenters. The van der Waals surface area contributed by atoms with Crippen LogP contribution < -0.4 is 16.0 Å². The number of benzene rings is 1. The summed E-state index contributed by atoms with van der Waals surface area (Å²) in [6.07, 6.45) is 6.86. The quantitative estimate of drug-likeness (QED) is 0.326. The summed E-state index contributed by atoms with van der Waals surface area (Å²) in [5, 5.41) is 6.43. The van der Waals surface area contributed by atoms with Crippen molar-refractivity contribution in [1.82, 2.24) is 29.7 Å². The number of primary amides is 1. The van der Waals surface area contributed by atoms with Gasteiger partial charge in [0.1, 0.15) is 11.7 Å². The van der Waals surface area contributed by atoms with Crippen LogP contribution in [0.15, 0.2) is 49.3 Å². The maximum Gasteiger partial charge on any atom is 0.275 e. The molecule has 2 amide bonds. The Labute approximate surface area is 230 Å². The first kappa shape index (κ1) is 27.0. The molecule has 11 nitrogen and oxygen atoms in total. The Bertz CT molecular complexity index is 1570. The van der Waals surface area contributed by atoms with Gasteiger partial charge in [0.2, 0.25) is 11.9 Å². The SMILES string of the molecule is NC(=O)[C@H]1CCCN1c1ncc(Cn2cc(NC(=O)c3cncc(-c4c(C(F)F)ccc(Cl)c4F)n3)cn2)cn1. The molecule has 206 valence electrons. The van der Waals surface area contributed by atoms with E-state index in [0.29, 0.717) is 24.6 Å². The first-order valence-corrected chi connectivity index (χ1v) is 12.4. The third-order valence-corrected chi connectivity index (χ3v) is 6.54. The Hall–Kier alpha value is -4.59. The number of aromatic nitrogens is 6. The predicted octanol–water partition coefficient (Wildman–Crippen LogP) is 3.61. The van der Waals surface area contributed by atoms with Gasteiger partial charge < -0.3 is 16.0 Å². The van der Waals surface area contributed by atoms with Gasteiger partial charge in [0.15, 0.2) is 5.82 Å². The summed E-state index contributed by atoms with van der Waals surface area (Å²) in [6, 6.07) is 1.60. The van der Waals surface area contributed by atoms with Gasteiger partial charge in [-0.15, -0.1) is 0 Å². The molecule has 1 aliphatic rings. The van der Waals surface area contributed by atoms with Gasteiger partial charge in [-0.3, -0.25) is 19.3 Å². The molecule has 0 bridgehead atoms. The summed E-state index contributed by atoms with van der Waals surface area (Å²) in [5.41, 5.74) is 4.85. The van der Waals surface area contributed by atoms with Crippen LogP contribution in [0, 0.1) is 5.82 Å². The third-order valence-electron chi connectivity index (χ3n) is 6.25. The molecule has 0 radical (unpaired) electrons. The molecule has 1 aromatic carbocycles. The monoisotopic (exact) mass is 571 g/mol. The van der Waals surface area contributed by atoms with Crippen molar-refractivity contribution < 1.29 is 22.8 Å². The van der Waals surface area contributed by atoms with Crippen molar-refractivity contribution >= 4 is 35.1 Å². The van der Waals surface area contributed by atoms with Crippen molar-refractivity contribution in [3.8, 4) is 11.3 Å². The fraction of sp³-hybridized carbons (Fsp3) is 0.240. The second-order valence-electron chi connectivity index (χ2n) is 8.94. The summed E-state index contributed by atoms with van der Waals surface area (Å²) in [5.74, 6) is -1.79. The summed E-state index contributed by atoms with van der Waals surface area (Å²) >= 11 is 5.78. The average molecular weight is 572 g/mol. The highest BCUT2D eigenvalue weighted by Gasteiger charge is 2.30. The number of halogens is 4. The van der Waals surface area contributed by atoms with Crippen molar-refractivity contribution in [3.05, 3.63) is 77.0 Å². The number of amides is 2. The van der Waals surface area contributed by atoms with Crippen LogP contribution in [0.4, 0.5) is 24.8 Å². The molecule has 3 N–H and O–H groups in total. The third kappa shape index (κ3) is 5.57. The van der Waals surface area contributed by atoms with E-state index < -0.39 is 41.2 Å². The van der Waals surface area contributed by atoms with Crippen molar-refractivity contribution in [2.45, 2.75) is 31.9 Å². The lowest BCUT2D eigenvalue weighted by atomic mass is 10.0. The minimum atomic E-state index is -3.00. The molecule has 15 heteroatoms. The summed E-state index contributed by atoms with van der Waals surface area (Å²) in [7, 11) is 0. The van der Waals surface area contributed by atoms with E-state index in [-0.39, 0.29) is 23.0 Å². The van der Waals surface area contributed by atoms with Gasteiger partial charge in [-0.25, -0.2) is 28.1 Å². The van der Waals surface area contributed by atoms with Gasteiger partial charge in [0.25, 0.3) is 12.3 Å². The van der Waals surface area contributed by atoms with Crippen LogP contribution in [0.3, 0.4) is 0 Å². The Morgan fingerprint density at radius 2 is 1.93 bits per heavy atom. The zero-order valence-electron chi connectivity index (χ0n) is 20.6. The standard InChI is InChI=1S/C25H21ClF3N9O2/c26-16-4-3-15(22(28)29)20(21(16)27)17-9-31-10-18(36-17)24(40)35-14-8-34-37(12-14)11-13-6-32-25(33-7-13)38-5-1-2-19(38)23(30)39/h3-4,6-10,12,19,22H,1-2,5,11H2,(H2,30,39)(H,35,40)/t19-/m1/s1. The summed E-state index contributed by atoms with van der Waals surface area (Å²) in [6.45, 7) is 0.930. The first-order valence-electron chi connectivity index (χ1n) is 12.0. The van der Waals surface area contributed by atoms with E-state index in [9.17, 15) is 22.8 Å². The number of nitrogens with one attached hydrogen (secondary N) is 1. The minimum absolute atomic E-state index is 0.231. The molecular weight excluding hydrogens is 551 g/mol. The molecule has 40 heavy (non-hydrogen) atoms. The van der Waals surface area contributed by atoms with Crippen molar-refractivity contribution in [2.75, 3.05) is 16.8 Å². The number of hydrogen-bond acceptors (Lipinski definition) is 8. The number of hydrogen-bond donors (Lipinski definition) is 2. The van der Waals surface area contributed by atoms with Crippen LogP contribution in [-0.2, 0) is 11.3 Å². The second kappa shape index (κ2) is 11.3. The van der Waals surface area contributed by atoms with E-state index in [1.165, 1.54) is 10.9 Å².